The summed E-state index contributed by atoms with van der Waals surface area (Å²) in [4.78, 5) is 0. The molecule has 1 rings (SSSR count). The van der Waals surface area contributed by atoms with Crippen molar-refractivity contribution in [2.24, 2.45) is 0 Å². The van der Waals surface area contributed by atoms with Crippen LogP contribution in [0.4, 0.5) is 14.5 Å². The number of anilines is 1. The minimum atomic E-state index is -0.993. The molecule has 4 heteroatoms. The number of terminal acetylenes is 1. The van der Waals surface area contributed by atoms with Gasteiger partial charge in [0.25, 0.3) is 0 Å². The first kappa shape index (κ1) is 9.82. The summed E-state index contributed by atoms with van der Waals surface area (Å²) in [5.74, 6) is 0.273. The molecule has 0 heterocycles. The van der Waals surface area contributed by atoms with Gasteiger partial charge in [-0.25, -0.2) is 8.78 Å². The summed E-state index contributed by atoms with van der Waals surface area (Å²) >= 11 is 5.50. The third kappa shape index (κ3) is 2.33. The predicted octanol–water partition coefficient (Wildman–Crippen LogP) is 2.66. The Morgan fingerprint density at radius 3 is 2.77 bits per heavy atom. The van der Waals surface area contributed by atoms with E-state index < -0.39 is 11.6 Å². The highest BCUT2D eigenvalue weighted by molar-refractivity contribution is 6.30. The molecule has 0 saturated carbocycles. The molecular weight excluding hydrogens is 196 g/mol. The van der Waals surface area contributed by atoms with Crippen LogP contribution in [0, 0.1) is 24.0 Å². The summed E-state index contributed by atoms with van der Waals surface area (Å²) in [6.07, 6.45) is 4.94. The second-order valence-corrected chi connectivity index (χ2v) is 2.74. The summed E-state index contributed by atoms with van der Waals surface area (Å²) in [6, 6.07) is 2.18. The van der Waals surface area contributed by atoms with Crippen molar-refractivity contribution in [2.75, 3.05) is 11.9 Å². The fourth-order valence-corrected chi connectivity index (χ4v) is 1.04. The van der Waals surface area contributed by atoms with Crippen LogP contribution in [0.1, 0.15) is 0 Å². The molecular formula is C9H6ClF2N. The minimum absolute atomic E-state index is 0.0250. The smallest absolute Gasteiger partial charge is 0.181 e. The number of hydrogen-bond donors (Lipinski definition) is 1. The number of rotatable bonds is 2. The van der Waals surface area contributed by atoms with Gasteiger partial charge in [-0.05, 0) is 12.1 Å². The van der Waals surface area contributed by atoms with Crippen molar-refractivity contribution in [3.05, 3.63) is 28.8 Å². The van der Waals surface area contributed by atoms with Crippen molar-refractivity contribution >= 4 is 17.3 Å². The molecule has 1 aromatic rings. The topological polar surface area (TPSA) is 12.0 Å². The van der Waals surface area contributed by atoms with Gasteiger partial charge in [-0.15, -0.1) is 6.42 Å². The maximum absolute atomic E-state index is 12.9. The van der Waals surface area contributed by atoms with Gasteiger partial charge in [0.05, 0.1) is 12.2 Å². The second-order valence-electron chi connectivity index (χ2n) is 2.31. The van der Waals surface area contributed by atoms with Gasteiger partial charge in [-0.2, -0.15) is 0 Å². The van der Waals surface area contributed by atoms with Crippen LogP contribution < -0.4 is 5.32 Å². The SMILES string of the molecule is C#CCNc1cc(Cl)cc(F)c1F. The Morgan fingerprint density at radius 1 is 1.46 bits per heavy atom. The highest BCUT2D eigenvalue weighted by Crippen LogP contribution is 2.22. The standard InChI is InChI=1S/C9H6ClF2N/c1-2-3-13-8-5-6(10)4-7(11)9(8)12/h1,4-5,13H,3H2. The lowest BCUT2D eigenvalue weighted by Crippen LogP contribution is -2.02. The molecule has 68 valence electrons. The quantitative estimate of drug-likeness (QED) is 0.573. The third-order valence-electron chi connectivity index (χ3n) is 1.37. The van der Waals surface area contributed by atoms with Gasteiger partial charge in [0.15, 0.2) is 11.6 Å². The van der Waals surface area contributed by atoms with Crippen LogP contribution in [0.2, 0.25) is 5.02 Å². The number of hydrogen-bond acceptors (Lipinski definition) is 1. The number of halogens is 3. The molecule has 1 aromatic carbocycles. The van der Waals surface area contributed by atoms with Gasteiger partial charge in [0.2, 0.25) is 0 Å². The second kappa shape index (κ2) is 4.11. The molecule has 0 fully saturated rings. The van der Waals surface area contributed by atoms with Crippen molar-refractivity contribution in [1.82, 2.24) is 0 Å². The van der Waals surface area contributed by atoms with Crippen LogP contribution in [-0.4, -0.2) is 6.54 Å². The largest absolute Gasteiger partial charge is 0.372 e. The Bertz CT molecular complexity index is 357. The lowest BCUT2D eigenvalue weighted by Gasteiger charge is -2.04. The summed E-state index contributed by atoms with van der Waals surface area (Å²) in [7, 11) is 0. The monoisotopic (exact) mass is 201 g/mol. The molecule has 1 nitrogen and oxygen atoms in total. The zero-order chi connectivity index (χ0) is 9.84. The van der Waals surface area contributed by atoms with Gasteiger partial charge in [-0.3, -0.25) is 0 Å². The van der Waals surface area contributed by atoms with Crippen LogP contribution in [0.25, 0.3) is 0 Å². The molecule has 0 saturated heterocycles. The van der Waals surface area contributed by atoms with Gasteiger partial charge in [-0.1, -0.05) is 17.5 Å². The van der Waals surface area contributed by atoms with Crippen molar-refractivity contribution in [2.45, 2.75) is 0 Å². The highest BCUT2D eigenvalue weighted by Gasteiger charge is 2.08. The molecule has 0 aromatic heterocycles. The molecule has 0 aliphatic carbocycles. The Balaban J connectivity index is 3.00. The summed E-state index contributed by atoms with van der Waals surface area (Å²) in [6.45, 7) is 0.122. The first-order chi connectivity index (χ1) is 6.15. The van der Waals surface area contributed by atoms with Crippen molar-refractivity contribution in [3.63, 3.8) is 0 Å². The summed E-state index contributed by atoms with van der Waals surface area (Å²) in [5, 5.41) is 2.63. The van der Waals surface area contributed by atoms with Crippen molar-refractivity contribution in [3.8, 4) is 12.3 Å². The molecule has 0 bridgehead atoms. The van der Waals surface area contributed by atoms with Gasteiger partial charge >= 0.3 is 0 Å². The van der Waals surface area contributed by atoms with Crippen molar-refractivity contribution < 1.29 is 8.78 Å². The Hall–Kier alpha value is -1.27. The van der Waals surface area contributed by atoms with E-state index in [0.29, 0.717) is 0 Å². The lowest BCUT2D eigenvalue weighted by molar-refractivity contribution is 0.511. The fraction of sp³-hybridized carbons (Fsp3) is 0.111. The van der Waals surface area contributed by atoms with E-state index in [1.807, 2.05) is 0 Å². The molecule has 0 spiro atoms. The van der Waals surface area contributed by atoms with E-state index in [1.165, 1.54) is 6.07 Å². The van der Waals surface area contributed by atoms with Crippen LogP contribution in [0.3, 0.4) is 0 Å². The molecule has 0 amide bonds. The summed E-state index contributed by atoms with van der Waals surface area (Å²) < 4.78 is 25.7. The minimum Gasteiger partial charge on any atom is -0.372 e. The Morgan fingerprint density at radius 2 is 2.15 bits per heavy atom. The maximum Gasteiger partial charge on any atom is 0.181 e. The average Bonchev–Trinajstić information content (AvgIpc) is 2.09. The van der Waals surface area contributed by atoms with E-state index in [9.17, 15) is 8.78 Å². The van der Waals surface area contributed by atoms with Gasteiger partial charge < -0.3 is 5.32 Å². The molecule has 0 aliphatic rings. The normalized spacial score (nSPS) is 9.38. The zero-order valence-corrected chi connectivity index (χ0v) is 7.33. The van der Waals surface area contributed by atoms with Crippen LogP contribution in [0.15, 0.2) is 12.1 Å². The van der Waals surface area contributed by atoms with Gasteiger partial charge in [0, 0.05) is 5.02 Å². The van der Waals surface area contributed by atoms with E-state index in [2.05, 4.69) is 11.2 Å². The predicted molar refractivity (Wildman–Crippen MR) is 48.7 cm³/mol. The van der Waals surface area contributed by atoms with Gasteiger partial charge in [0.1, 0.15) is 0 Å². The average molecular weight is 202 g/mol. The van der Waals surface area contributed by atoms with E-state index >= 15 is 0 Å². The molecule has 0 unspecified atom stereocenters. The van der Waals surface area contributed by atoms with E-state index in [1.54, 1.807) is 0 Å². The molecule has 0 aliphatic heterocycles. The first-order valence-electron chi connectivity index (χ1n) is 3.47. The van der Waals surface area contributed by atoms with E-state index in [0.717, 1.165) is 6.07 Å². The molecule has 0 atom stereocenters. The Labute approximate surface area is 79.7 Å². The Kier molecular flexibility index (Phi) is 3.10. The number of nitrogens with one attached hydrogen (secondary N) is 1. The first-order valence-corrected chi connectivity index (χ1v) is 3.85. The molecule has 0 radical (unpaired) electrons. The third-order valence-corrected chi connectivity index (χ3v) is 1.59. The summed E-state index contributed by atoms with van der Waals surface area (Å²) in [5.41, 5.74) is -0.0250. The van der Waals surface area contributed by atoms with Crippen LogP contribution in [-0.2, 0) is 0 Å². The van der Waals surface area contributed by atoms with Crippen LogP contribution in [0.5, 0.6) is 0 Å². The van der Waals surface area contributed by atoms with E-state index in [4.69, 9.17) is 18.0 Å². The maximum atomic E-state index is 12.9. The molecule has 1 N–H and O–H groups in total. The van der Waals surface area contributed by atoms with Crippen molar-refractivity contribution in [1.29, 1.82) is 0 Å². The highest BCUT2D eigenvalue weighted by atomic mass is 35.5. The zero-order valence-electron chi connectivity index (χ0n) is 6.57. The number of benzene rings is 1. The molecule has 13 heavy (non-hydrogen) atoms. The fourth-order valence-electron chi connectivity index (χ4n) is 0.831. The van der Waals surface area contributed by atoms with E-state index in [-0.39, 0.29) is 17.3 Å². The lowest BCUT2D eigenvalue weighted by atomic mass is 10.3. The van der Waals surface area contributed by atoms with Crippen LogP contribution >= 0.6 is 11.6 Å².